The van der Waals surface area contributed by atoms with E-state index in [4.69, 9.17) is 0 Å². The van der Waals surface area contributed by atoms with Crippen molar-refractivity contribution in [1.29, 1.82) is 0 Å². The van der Waals surface area contributed by atoms with Crippen molar-refractivity contribution in [3.8, 4) is 0 Å². The van der Waals surface area contributed by atoms with Crippen LogP contribution in [0.4, 0.5) is 0 Å². The number of aliphatic hydroxyl groups excluding tert-OH is 1. The van der Waals surface area contributed by atoms with Gasteiger partial charge in [0.05, 0.1) is 6.10 Å². The Labute approximate surface area is 108 Å². The van der Waals surface area contributed by atoms with Gasteiger partial charge in [-0.25, -0.2) is 0 Å². The Balaban J connectivity index is 1.67. The normalized spacial score (nSPS) is 16.5. The van der Waals surface area contributed by atoms with Gasteiger partial charge in [0.25, 0.3) is 0 Å². The first-order valence-electron chi connectivity index (χ1n) is 6.61. The smallest absolute Gasteiger partial charge is 0.0615 e. The predicted molar refractivity (Wildman–Crippen MR) is 73.5 cm³/mol. The van der Waals surface area contributed by atoms with Crippen LogP contribution < -0.4 is 0 Å². The van der Waals surface area contributed by atoms with Gasteiger partial charge in [-0.05, 0) is 41.9 Å². The molecule has 2 aromatic rings. The van der Waals surface area contributed by atoms with Crippen molar-refractivity contribution in [1.82, 2.24) is 0 Å². The SMILES string of the molecule is OC(Cc1ccccc1)C1Cc2ccccc2C1. The molecule has 0 bridgehead atoms. The van der Waals surface area contributed by atoms with E-state index in [1.165, 1.54) is 16.7 Å². The summed E-state index contributed by atoms with van der Waals surface area (Å²) < 4.78 is 0. The molecule has 1 heteroatoms. The van der Waals surface area contributed by atoms with Crippen LogP contribution in [0, 0.1) is 5.92 Å². The molecule has 0 saturated heterocycles. The minimum Gasteiger partial charge on any atom is -0.392 e. The zero-order valence-corrected chi connectivity index (χ0v) is 10.4. The number of rotatable bonds is 3. The van der Waals surface area contributed by atoms with Gasteiger partial charge >= 0.3 is 0 Å². The molecule has 0 radical (unpaired) electrons. The molecule has 1 unspecified atom stereocenters. The lowest BCUT2D eigenvalue weighted by Crippen LogP contribution is -2.23. The highest BCUT2D eigenvalue weighted by atomic mass is 16.3. The molecule has 1 atom stereocenters. The van der Waals surface area contributed by atoms with Crippen molar-refractivity contribution >= 4 is 0 Å². The molecule has 1 nitrogen and oxygen atoms in total. The number of fused-ring (bicyclic) bond motifs is 1. The van der Waals surface area contributed by atoms with E-state index in [1.807, 2.05) is 18.2 Å². The lowest BCUT2D eigenvalue weighted by Gasteiger charge is -2.17. The molecule has 0 saturated carbocycles. The third-order valence-corrected chi connectivity index (χ3v) is 3.91. The van der Waals surface area contributed by atoms with Crippen molar-refractivity contribution in [2.24, 2.45) is 5.92 Å². The minimum absolute atomic E-state index is 0.236. The molecule has 0 fully saturated rings. The van der Waals surface area contributed by atoms with E-state index >= 15 is 0 Å². The maximum Gasteiger partial charge on any atom is 0.0615 e. The lowest BCUT2D eigenvalue weighted by molar-refractivity contribution is 0.113. The van der Waals surface area contributed by atoms with Crippen molar-refractivity contribution < 1.29 is 5.11 Å². The molecule has 0 aliphatic heterocycles. The van der Waals surface area contributed by atoms with Gasteiger partial charge in [0, 0.05) is 0 Å². The third kappa shape index (κ3) is 2.32. The Morgan fingerprint density at radius 3 is 2.06 bits per heavy atom. The van der Waals surface area contributed by atoms with Crippen molar-refractivity contribution in [3.05, 3.63) is 71.3 Å². The topological polar surface area (TPSA) is 20.2 Å². The lowest BCUT2D eigenvalue weighted by atomic mass is 9.94. The van der Waals surface area contributed by atoms with Crippen molar-refractivity contribution in [3.63, 3.8) is 0 Å². The van der Waals surface area contributed by atoms with Crippen LogP contribution in [0.1, 0.15) is 16.7 Å². The largest absolute Gasteiger partial charge is 0.392 e. The van der Waals surface area contributed by atoms with Gasteiger partial charge in [-0.1, -0.05) is 54.6 Å². The molecule has 92 valence electrons. The Morgan fingerprint density at radius 2 is 1.44 bits per heavy atom. The Kier molecular flexibility index (Phi) is 3.16. The van der Waals surface area contributed by atoms with E-state index in [2.05, 4.69) is 36.4 Å². The van der Waals surface area contributed by atoms with Crippen molar-refractivity contribution in [2.45, 2.75) is 25.4 Å². The molecule has 2 aromatic carbocycles. The summed E-state index contributed by atoms with van der Waals surface area (Å²) in [6, 6.07) is 18.8. The summed E-state index contributed by atoms with van der Waals surface area (Å²) in [5.74, 6) is 0.377. The predicted octanol–water partition coefficient (Wildman–Crippen LogP) is 3.01. The number of hydrogen-bond acceptors (Lipinski definition) is 1. The fourth-order valence-corrected chi connectivity index (χ4v) is 2.89. The molecular formula is C17H18O. The summed E-state index contributed by atoms with van der Waals surface area (Å²) in [5.41, 5.74) is 4.05. The zero-order chi connectivity index (χ0) is 12.4. The molecule has 0 spiro atoms. The van der Waals surface area contributed by atoms with Gasteiger partial charge in [0.2, 0.25) is 0 Å². The van der Waals surface area contributed by atoms with E-state index < -0.39 is 0 Å². The summed E-state index contributed by atoms with van der Waals surface area (Å²) in [7, 11) is 0. The highest BCUT2D eigenvalue weighted by Crippen LogP contribution is 2.29. The summed E-state index contributed by atoms with van der Waals surface area (Å²) >= 11 is 0. The summed E-state index contributed by atoms with van der Waals surface area (Å²) in [6.07, 6.45) is 2.56. The minimum atomic E-state index is -0.236. The monoisotopic (exact) mass is 238 g/mol. The van der Waals surface area contributed by atoms with E-state index in [-0.39, 0.29) is 6.10 Å². The fraction of sp³-hybridized carbons (Fsp3) is 0.294. The van der Waals surface area contributed by atoms with Crippen LogP contribution in [-0.2, 0) is 19.3 Å². The van der Waals surface area contributed by atoms with Crippen LogP contribution >= 0.6 is 0 Å². The van der Waals surface area contributed by atoms with Gasteiger partial charge in [0.15, 0.2) is 0 Å². The van der Waals surface area contributed by atoms with Crippen LogP contribution in [0.15, 0.2) is 54.6 Å². The van der Waals surface area contributed by atoms with Gasteiger partial charge in [-0.15, -0.1) is 0 Å². The highest BCUT2D eigenvalue weighted by Gasteiger charge is 2.27. The summed E-state index contributed by atoms with van der Waals surface area (Å²) in [6.45, 7) is 0. The molecule has 1 aliphatic rings. The number of hydrogen-bond donors (Lipinski definition) is 1. The maximum atomic E-state index is 10.4. The van der Waals surface area contributed by atoms with Gasteiger partial charge in [-0.2, -0.15) is 0 Å². The second-order valence-electron chi connectivity index (χ2n) is 5.19. The van der Waals surface area contributed by atoms with Crippen LogP contribution in [0.25, 0.3) is 0 Å². The zero-order valence-electron chi connectivity index (χ0n) is 10.4. The summed E-state index contributed by atoms with van der Waals surface area (Å²) in [5, 5.41) is 10.4. The molecule has 0 heterocycles. The van der Waals surface area contributed by atoms with Gasteiger partial charge in [0.1, 0.15) is 0 Å². The third-order valence-electron chi connectivity index (χ3n) is 3.91. The van der Waals surface area contributed by atoms with E-state index in [0.717, 1.165) is 19.3 Å². The first-order chi connectivity index (χ1) is 8.83. The van der Waals surface area contributed by atoms with Gasteiger partial charge in [-0.3, -0.25) is 0 Å². The van der Waals surface area contributed by atoms with Gasteiger partial charge < -0.3 is 5.11 Å². The second-order valence-corrected chi connectivity index (χ2v) is 5.19. The molecule has 18 heavy (non-hydrogen) atoms. The Hall–Kier alpha value is -1.60. The molecular weight excluding hydrogens is 220 g/mol. The standard InChI is InChI=1S/C17H18O/c18-17(10-13-6-2-1-3-7-13)16-11-14-8-4-5-9-15(14)12-16/h1-9,16-18H,10-12H2. The summed E-state index contributed by atoms with van der Waals surface area (Å²) in [4.78, 5) is 0. The van der Waals surface area contributed by atoms with Crippen LogP contribution in [0.5, 0.6) is 0 Å². The first kappa shape index (κ1) is 11.5. The maximum absolute atomic E-state index is 10.4. The molecule has 3 rings (SSSR count). The van der Waals surface area contributed by atoms with Crippen LogP contribution in [-0.4, -0.2) is 11.2 Å². The highest BCUT2D eigenvalue weighted by molar-refractivity contribution is 5.32. The van der Waals surface area contributed by atoms with Crippen molar-refractivity contribution in [2.75, 3.05) is 0 Å². The van der Waals surface area contributed by atoms with E-state index in [9.17, 15) is 5.11 Å². The Bertz CT molecular complexity index is 493. The number of benzene rings is 2. The van der Waals surface area contributed by atoms with E-state index in [0.29, 0.717) is 5.92 Å². The van der Waals surface area contributed by atoms with Crippen LogP contribution in [0.3, 0.4) is 0 Å². The second kappa shape index (κ2) is 4.95. The Morgan fingerprint density at radius 1 is 0.889 bits per heavy atom. The molecule has 1 aliphatic carbocycles. The first-order valence-corrected chi connectivity index (χ1v) is 6.61. The average molecular weight is 238 g/mol. The molecule has 0 amide bonds. The quantitative estimate of drug-likeness (QED) is 0.871. The molecule has 0 aromatic heterocycles. The number of aliphatic hydroxyl groups is 1. The van der Waals surface area contributed by atoms with E-state index in [1.54, 1.807) is 0 Å². The van der Waals surface area contributed by atoms with Crippen LogP contribution in [0.2, 0.25) is 0 Å². The fourth-order valence-electron chi connectivity index (χ4n) is 2.89. The average Bonchev–Trinajstić information content (AvgIpc) is 2.84. The molecule has 1 N–H and O–H groups in total.